The molecule has 2 aliphatic rings. The van der Waals surface area contributed by atoms with Crippen LogP contribution in [0.2, 0.25) is 0 Å². The minimum absolute atomic E-state index is 0.100. The number of rotatable bonds is 8. The van der Waals surface area contributed by atoms with Gasteiger partial charge in [0.15, 0.2) is 10.8 Å². The second-order valence-corrected chi connectivity index (χ2v) is 13.0. The van der Waals surface area contributed by atoms with Gasteiger partial charge in [-0.2, -0.15) is 0 Å². The van der Waals surface area contributed by atoms with Gasteiger partial charge in [0, 0.05) is 33.2 Å². The first kappa shape index (κ1) is 35.8. The fourth-order valence-corrected chi connectivity index (χ4v) is 7.29. The summed E-state index contributed by atoms with van der Waals surface area (Å²) in [6, 6.07) is 7.11. The molecule has 2 unspecified atom stereocenters. The molecule has 12 nitrogen and oxygen atoms in total. The highest BCUT2D eigenvalue weighted by atomic mass is 16.5. The molecule has 4 N–H and O–H groups in total. The number of carbonyl (C=O) groups excluding carboxylic acids is 2. The molecule has 0 aliphatic carbocycles. The minimum atomic E-state index is -2.18. The predicted octanol–water partition coefficient (Wildman–Crippen LogP) is 6.64. The van der Waals surface area contributed by atoms with Gasteiger partial charge in [0.05, 0.1) is 37.0 Å². The van der Waals surface area contributed by atoms with Crippen LogP contribution in [0.4, 0.5) is 0 Å². The van der Waals surface area contributed by atoms with Gasteiger partial charge in [-0.15, -0.1) is 0 Å². The lowest BCUT2D eigenvalue weighted by atomic mass is 9.79. The summed E-state index contributed by atoms with van der Waals surface area (Å²) >= 11 is 0. The number of methoxy groups -OCH3 is 2. The standard InChI is InChI=1S/C38H42N4O8/c1-11-21-17(3)23-13-25-19(5)31(37(7,33(43)44)35(47)49-9)29(41-25)16-30-32(38(8,34(45)46)36(48)50-10)20(6)26(42-30)14-24-18(4)22(12-2)28(40-24)15-27(21)39-23/h13-16,41-42H,11-12H2,1-10H3,(H,43,44)(H,45,46). The van der Waals surface area contributed by atoms with E-state index in [2.05, 4.69) is 23.8 Å². The number of ether oxygens (including phenoxy) is 2. The summed E-state index contributed by atoms with van der Waals surface area (Å²) in [5, 5.41) is 21.1. The molecule has 8 bridgehead atoms. The van der Waals surface area contributed by atoms with E-state index in [4.69, 9.17) is 19.4 Å². The summed E-state index contributed by atoms with van der Waals surface area (Å²) in [6.45, 7) is 14.0. The largest absolute Gasteiger partial charge is 0.480 e. The Balaban J connectivity index is 2.13. The number of H-pyrrole nitrogens is 2. The van der Waals surface area contributed by atoms with Gasteiger partial charge in [-0.1, -0.05) is 13.8 Å². The third kappa shape index (κ3) is 5.21. The van der Waals surface area contributed by atoms with Gasteiger partial charge in [-0.25, -0.2) is 9.97 Å². The molecule has 2 atom stereocenters. The second kappa shape index (κ2) is 12.7. The first-order valence-electron chi connectivity index (χ1n) is 16.3. The first-order valence-corrected chi connectivity index (χ1v) is 16.3. The number of hydrogen-bond donors (Lipinski definition) is 4. The zero-order valence-electron chi connectivity index (χ0n) is 30.0. The smallest absolute Gasteiger partial charge is 0.327 e. The number of carboxylic acid groups (broad SMARTS) is 2. The summed E-state index contributed by atoms with van der Waals surface area (Å²) in [7, 11) is 2.23. The lowest BCUT2D eigenvalue weighted by Gasteiger charge is -2.23. The summed E-state index contributed by atoms with van der Waals surface area (Å²) in [4.78, 5) is 69.1. The van der Waals surface area contributed by atoms with Gasteiger partial charge in [0.1, 0.15) is 0 Å². The van der Waals surface area contributed by atoms with E-state index in [1.807, 2.05) is 19.9 Å². The van der Waals surface area contributed by atoms with Crippen LogP contribution in [0, 0.1) is 13.8 Å². The van der Waals surface area contributed by atoms with Gasteiger partial charge in [0.25, 0.3) is 0 Å². The Bertz CT molecular complexity index is 2080. The lowest BCUT2D eigenvalue weighted by Crippen LogP contribution is -2.42. The summed E-state index contributed by atoms with van der Waals surface area (Å²) < 4.78 is 10.0. The summed E-state index contributed by atoms with van der Waals surface area (Å²) in [6.07, 6.45) is 1.42. The number of esters is 2. The molecule has 0 amide bonds. The Hall–Kier alpha value is -5.52. The molecule has 3 aromatic heterocycles. The summed E-state index contributed by atoms with van der Waals surface area (Å²) in [5.74, 6) is -4.91. The van der Waals surface area contributed by atoms with Crippen molar-refractivity contribution in [2.45, 2.75) is 79.1 Å². The number of aromatic amines is 2. The van der Waals surface area contributed by atoms with Gasteiger partial charge >= 0.3 is 23.9 Å². The van der Waals surface area contributed by atoms with E-state index in [0.717, 1.165) is 47.9 Å². The van der Waals surface area contributed by atoms with Crippen LogP contribution in [0.3, 0.4) is 0 Å². The van der Waals surface area contributed by atoms with Crippen molar-refractivity contribution < 1.29 is 38.9 Å². The van der Waals surface area contributed by atoms with Crippen LogP contribution >= 0.6 is 0 Å². The van der Waals surface area contributed by atoms with Crippen LogP contribution < -0.4 is 0 Å². The number of aliphatic carboxylic acids is 2. The number of aromatic nitrogens is 4. The van der Waals surface area contributed by atoms with E-state index in [-0.39, 0.29) is 22.2 Å². The highest BCUT2D eigenvalue weighted by Gasteiger charge is 2.49. The zero-order valence-corrected chi connectivity index (χ0v) is 30.0. The van der Waals surface area contributed by atoms with Crippen molar-refractivity contribution in [2.24, 2.45) is 0 Å². The first-order chi connectivity index (χ1) is 23.5. The van der Waals surface area contributed by atoms with E-state index in [0.29, 0.717) is 46.4 Å². The molecule has 0 radical (unpaired) electrons. The monoisotopic (exact) mass is 682 g/mol. The summed E-state index contributed by atoms with van der Waals surface area (Å²) in [5.41, 5.74) is 4.83. The lowest BCUT2D eigenvalue weighted by molar-refractivity contribution is -0.160. The zero-order chi connectivity index (χ0) is 37.0. The maximum absolute atomic E-state index is 13.3. The van der Waals surface area contributed by atoms with E-state index in [1.54, 1.807) is 26.0 Å². The molecular formula is C38H42N4O8. The van der Waals surface area contributed by atoms with Crippen LogP contribution in [-0.4, -0.2) is 68.2 Å². The number of nitrogens with zero attached hydrogens (tertiary/aromatic N) is 2. The van der Waals surface area contributed by atoms with Crippen molar-refractivity contribution in [3.63, 3.8) is 0 Å². The molecule has 0 fully saturated rings. The molecule has 5 rings (SSSR count). The molecular weight excluding hydrogens is 640 g/mol. The molecule has 0 spiro atoms. The molecule has 2 aliphatic heterocycles. The molecule has 3 aromatic rings. The van der Waals surface area contributed by atoms with E-state index in [9.17, 15) is 29.4 Å². The third-order valence-corrected chi connectivity index (χ3v) is 10.3. The second-order valence-electron chi connectivity index (χ2n) is 13.0. The van der Waals surface area contributed by atoms with Crippen LogP contribution in [0.5, 0.6) is 0 Å². The van der Waals surface area contributed by atoms with Gasteiger partial charge in [-0.05, 0) is 112 Å². The van der Waals surface area contributed by atoms with E-state index >= 15 is 0 Å². The molecule has 12 heteroatoms. The van der Waals surface area contributed by atoms with Crippen molar-refractivity contribution in [3.8, 4) is 0 Å². The Morgan fingerprint density at radius 2 is 0.980 bits per heavy atom. The van der Waals surface area contributed by atoms with Gasteiger partial charge < -0.3 is 29.7 Å². The van der Waals surface area contributed by atoms with Crippen molar-refractivity contribution >= 4 is 68.2 Å². The molecule has 5 heterocycles. The maximum atomic E-state index is 13.3. The minimum Gasteiger partial charge on any atom is -0.480 e. The van der Waals surface area contributed by atoms with Gasteiger partial charge in [0.2, 0.25) is 0 Å². The van der Waals surface area contributed by atoms with Crippen molar-refractivity contribution in [1.82, 2.24) is 19.9 Å². The molecule has 50 heavy (non-hydrogen) atoms. The van der Waals surface area contributed by atoms with Crippen LogP contribution in [-0.2, 0) is 39.5 Å². The average Bonchev–Trinajstić information content (AvgIpc) is 3.75. The average molecular weight is 683 g/mol. The Kier molecular flexibility index (Phi) is 9.12. The fraction of sp³-hybridized carbons (Fsp3) is 0.368. The van der Waals surface area contributed by atoms with Gasteiger partial charge in [-0.3, -0.25) is 19.2 Å². The Labute approximate surface area is 289 Å². The van der Waals surface area contributed by atoms with Crippen LogP contribution in [0.1, 0.15) is 99.4 Å². The normalized spacial score (nSPS) is 15.4. The highest BCUT2D eigenvalue weighted by molar-refractivity contribution is 6.10. The molecule has 0 saturated carbocycles. The number of carbonyl (C=O) groups is 4. The van der Waals surface area contributed by atoms with E-state index in [1.165, 1.54) is 19.9 Å². The predicted molar refractivity (Wildman–Crippen MR) is 190 cm³/mol. The molecule has 0 saturated heterocycles. The number of hydrogen-bond acceptors (Lipinski definition) is 8. The number of fused-ring (bicyclic) bond motifs is 8. The SMILES string of the molecule is CCC1=C(C)c2cc3[nH]c(cc4[nH]c(cc5nc(cc1n2)C(CC)=C5C)c(C)c4C(C)(C(=O)O)C(=O)OC)c(C(C)(C(=O)O)C(=O)OC)c3C. The Morgan fingerprint density at radius 1 is 0.620 bits per heavy atom. The third-order valence-electron chi connectivity index (χ3n) is 10.3. The van der Waals surface area contributed by atoms with Crippen LogP contribution in [0.15, 0.2) is 24.3 Å². The number of nitrogens with one attached hydrogen (secondary N) is 2. The van der Waals surface area contributed by atoms with Crippen molar-refractivity contribution in [2.75, 3.05) is 14.2 Å². The van der Waals surface area contributed by atoms with E-state index < -0.39 is 34.7 Å². The fourth-order valence-electron chi connectivity index (χ4n) is 7.29. The molecule has 0 aromatic carbocycles. The topological polar surface area (TPSA) is 185 Å². The number of allylic oxidation sites excluding steroid dienone is 4. The maximum Gasteiger partial charge on any atom is 0.327 e. The molecule has 262 valence electrons. The quantitative estimate of drug-likeness (QED) is 0.148. The van der Waals surface area contributed by atoms with Crippen molar-refractivity contribution in [1.29, 1.82) is 0 Å². The number of aryl methyl sites for hydroxylation is 2. The highest BCUT2D eigenvalue weighted by Crippen LogP contribution is 2.41. The number of carboxylic acids is 2. The Morgan fingerprint density at radius 3 is 1.28 bits per heavy atom. The van der Waals surface area contributed by atoms with Crippen LogP contribution in [0.25, 0.3) is 44.4 Å². The van der Waals surface area contributed by atoms with Crippen molar-refractivity contribution in [3.05, 3.63) is 69.3 Å².